The van der Waals surface area contributed by atoms with Crippen molar-refractivity contribution in [3.05, 3.63) is 11.0 Å². The molecular formula is C9H14O2S. The molecule has 0 atom stereocenters. The quantitative estimate of drug-likeness (QED) is 0.625. The van der Waals surface area contributed by atoms with Gasteiger partial charge in [-0.25, -0.2) is 0 Å². The van der Waals surface area contributed by atoms with Crippen LogP contribution in [0.15, 0.2) is 11.0 Å². The minimum atomic E-state index is -0.243. The van der Waals surface area contributed by atoms with Crippen molar-refractivity contribution in [1.82, 2.24) is 0 Å². The molecule has 0 N–H and O–H groups in total. The Kier molecular flexibility index (Phi) is 2.44. The van der Waals surface area contributed by atoms with E-state index in [1.807, 2.05) is 11.8 Å². The van der Waals surface area contributed by atoms with Crippen LogP contribution < -0.4 is 0 Å². The first-order valence-electron chi connectivity index (χ1n) is 4.36. The lowest BCUT2D eigenvalue weighted by Crippen LogP contribution is -2.32. The number of hydrogen-bond acceptors (Lipinski definition) is 3. The third-order valence-corrected chi connectivity index (χ3v) is 3.25. The topological polar surface area (TPSA) is 18.5 Å². The summed E-state index contributed by atoms with van der Waals surface area (Å²) in [7, 11) is 0. The molecule has 1 fully saturated rings. The second-order valence-corrected chi connectivity index (χ2v) is 4.13. The fourth-order valence-electron chi connectivity index (χ4n) is 1.78. The molecule has 1 aliphatic carbocycles. The fourth-order valence-corrected chi connectivity index (χ4v) is 2.43. The Morgan fingerprint density at radius 2 is 2.17 bits per heavy atom. The van der Waals surface area contributed by atoms with Crippen molar-refractivity contribution in [3.8, 4) is 0 Å². The predicted octanol–water partition coefficient (Wildman–Crippen LogP) is 2.16. The average Bonchev–Trinajstić information content (AvgIpc) is 2.53. The first-order chi connectivity index (χ1) is 5.85. The standard InChI is InChI=1S/C9H14O2S/c1-12-8-3-2-4-9(7-8)10-5-6-11-9/h3H,2,4-7H2,1H3. The van der Waals surface area contributed by atoms with Crippen LogP contribution in [-0.4, -0.2) is 25.3 Å². The smallest absolute Gasteiger partial charge is 0.173 e. The monoisotopic (exact) mass is 186 g/mol. The number of thioether (sulfide) groups is 1. The summed E-state index contributed by atoms with van der Waals surface area (Å²) in [6, 6.07) is 0. The molecule has 0 aromatic rings. The van der Waals surface area contributed by atoms with E-state index in [1.165, 1.54) is 4.91 Å². The zero-order valence-corrected chi connectivity index (χ0v) is 8.15. The van der Waals surface area contributed by atoms with Gasteiger partial charge in [-0.2, -0.15) is 0 Å². The van der Waals surface area contributed by atoms with Crippen molar-refractivity contribution in [2.24, 2.45) is 0 Å². The van der Waals surface area contributed by atoms with E-state index in [1.54, 1.807) is 0 Å². The Bertz CT molecular complexity index is 195. The maximum Gasteiger partial charge on any atom is 0.173 e. The van der Waals surface area contributed by atoms with Crippen LogP contribution in [0.4, 0.5) is 0 Å². The molecule has 2 rings (SSSR count). The van der Waals surface area contributed by atoms with E-state index in [9.17, 15) is 0 Å². The maximum atomic E-state index is 5.64. The van der Waals surface area contributed by atoms with Gasteiger partial charge in [0.1, 0.15) is 0 Å². The lowest BCUT2D eigenvalue weighted by molar-refractivity contribution is -0.161. The molecule has 0 saturated carbocycles. The molecule has 2 nitrogen and oxygen atoms in total. The van der Waals surface area contributed by atoms with E-state index in [-0.39, 0.29) is 5.79 Å². The molecule has 0 amide bonds. The van der Waals surface area contributed by atoms with Crippen LogP contribution in [0.25, 0.3) is 0 Å². The fraction of sp³-hybridized carbons (Fsp3) is 0.778. The molecule has 1 heterocycles. The van der Waals surface area contributed by atoms with Crippen LogP contribution in [0.1, 0.15) is 19.3 Å². The maximum absolute atomic E-state index is 5.64. The normalized spacial score (nSPS) is 27.6. The van der Waals surface area contributed by atoms with E-state index >= 15 is 0 Å². The zero-order chi connectivity index (χ0) is 8.44. The van der Waals surface area contributed by atoms with E-state index in [0.717, 1.165) is 32.5 Å². The number of hydrogen-bond donors (Lipinski definition) is 0. The summed E-state index contributed by atoms with van der Waals surface area (Å²) in [5, 5.41) is 0. The molecule has 3 heteroatoms. The van der Waals surface area contributed by atoms with Crippen LogP contribution in [0.5, 0.6) is 0 Å². The molecule has 0 aromatic heterocycles. The lowest BCUT2D eigenvalue weighted by Gasteiger charge is -2.30. The Morgan fingerprint density at radius 3 is 2.83 bits per heavy atom. The summed E-state index contributed by atoms with van der Waals surface area (Å²) < 4.78 is 11.3. The van der Waals surface area contributed by atoms with Crippen molar-refractivity contribution in [3.63, 3.8) is 0 Å². The largest absolute Gasteiger partial charge is 0.347 e. The van der Waals surface area contributed by atoms with Crippen LogP contribution in [-0.2, 0) is 9.47 Å². The van der Waals surface area contributed by atoms with E-state index in [0.29, 0.717) is 0 Å². The van der Waals surface area contributed by atoms with Gasteiger partial charge in [0.25, 0.3) is 0 Å². The van der Waals surface area contributed by atoms with Gasteiger partial charge >= 0.3 is 0 Å². The molecule has 1 saturated heterocycles. The Hall–Kier alpha value is 0.01000. The molecule has 1 aliphatic heterocycles. The molecule has 0 radical (unpaired) electrons. The third kappa shape index (κ3) is 1.53. The highest BCUT2D eigenvalue weighted by atomic mass is 32.2. The van der Waals surface area contributed by atoms with Gasteiger partial charge in [0.05, 0.1) is 13.2 Å². The van der Waals surface area contributed by atoms with Gasteiger partial charge in [0.2, 0.25) is 0 Å². The number of ether oxygens (including phenoxy) is 2. The Balaban J connectivity index is 2.06. The molecule has 0 aromatic carbocycles. The van der Waals surface area contributed by atoms with E-state index in [4.69, 9.17) is 9.47 Å². The number of allylic oxidation sites excluding steroid dienone is 1. The molecule has 12 heavy (non-hydrogen) atoms. The van der Waals surface area contributed by atoms with Crippen molar-refractivity contribution in [2.75, 3.05) is 19.5 Å². The highest BCUT2D eigenvalue weighted by Gasteiger charge is 2.38. The van der Waals surface area contributed by atoms with E-state index in [2.05, 4.69) is 12.3 Å². The Morgan fingerprint density at radius 1 is 1.42 bits per heavy atom. The minimum absolute atomic E-state index is 0.243. The van der Waals surface area contributed by atoms with Crippen molar-refractivity contribution < 1.29 is 9.47 Å². The van der Waals surface area contributed by atoms with Crippen LogP contribution in [0.3, 0.4) is 0 Å². The van der Waals surface area contributed by atoms with Gasteiger partial charge in [-0.05, 0) is 17.6 Å². The highest BCUT2D eigenvalue weighted by Crippen LogP contribution is 2.38. The lowest BCUT2D eigenvalue weighted by atomic mass is 10.0. The molecular weight excluding hydrogens is 172 g/mol. The van der Waals surface area contributed by atoms with Gasteiger partial charge in [0, 0.05) is 12.8 Å². The average molecular weight is 186 g/mol. The van der Waals surface area contributed by atoms with Crippen molar-refractivity contribution in [2.45, 2.75) is 25.0 Å². The number of rotatable bonds is 1. The third-order valence-electron chi connectivity index (χ3n) is 2.42. The van der Waals surface area contributed by atoms with E-state index < -0.39 is 0 Å². The summed E-state index contributed by atoms with van der Waals surface area (Å²) in [5.41, 5.74) is 0. The molecule has 68 valence electrons. The SMILES string of the molecule is CSC1=CCCC2(C1)OCCO2. The van der Waals surface area contributed by atoms with Gasteiger partial charge in [-0.15, -0.1) is 11.8 Å². The summed E-state index contributed by atoms with van der Waals surface area (Å²) in [6.45, 7) is 1.53. The van der Waals surface area contributed by atoms with Crippen LogP contribution in [0, 0.1) is 0 Å². The van der Waals surface area contributed by atoms with Gasteiger partial charge in [-0.1, -0.05) is 6.08 Å². The minimum Gasteiger partial charge on any atom is -0.347 e. The molecule has 0 bridgehead atoms. The van der Waals surface area contributed by atoms with Gasteiger partial charge < -0.3 is 9.47 Å². The summed E-state index contributed by atoms with van der Waals surface area (Å²) in [4.78, 5) is 1.41. The van der Waals surface area contributed by atoms with Crippen molar-refractivity contribution >= 4 is 11.8 Å². The summed E-state index contributed by atoms with van der Waals surface area (Å²) >= 11 is 1.81. The highest BCUT2D eigenvalue weighted by molar-refractivity contribution is 8.02. The van der Waals surface area contributed by atoms with Crippen LogP contribution in [0.2, 0.25) is 0 Å². The van der Waals surface area contributed by atoms with Crippen molar-refractivity contribution in [1.29, 1.82) is 0 Å². The van der Waals surface area contributed by atoms with Gasteiger partial charge in [0.15, 0.2) is 5.79 Å². The predicted molar refractivity (Wildman–Crippen MR) is 50.1 cm³/mol. The van der Waals surface area contributed by atoms with Gasteiger partial charge in [-0.3, -0.25) is 0 Å². The molecule has 1 spiro atoms. The summed E-state index contributed by atoms with van der Waals surface area (Å²) in [6.07, 6.45) is 7.47. The second-order valence-electron chi connectivity index (χ2n) is 3.20. The first kappa shape index (κ1) is 8.60. The second kappa shape index (κ2) is 3.40. The first-order valence-corrected chi connectivity index (χ1v) is 5.58. The molecule has 2 aliphatic rings. The molecule has 0 unspecified atom stereocenters. The van der Waals surface area contributed by atoms with Crippen LogP contribution >= 0.6 is 11.8 Å². The zero-order valence-electron chi connectivity index (χ0n) is 7.34. The Labute approximate surface area is 77.3 Å². The summed E-state index contributed by atoms with van der Waals surface area (Å²) in [5.74, 6) is -0.243.